The predicted molar refractivity (Wildman–Crippen MR) is 75.3 cm³/mol. The number of hydrogen-bond donors (Lipinski definition) is 0. The molecular weight excluding hydrogens is 223 g/mol. The standard InChI is InChI=1S/C17H17F/c1-12-5-4-6-15(9-12)14(3)16-8-7-13(2)17(10-16)11-18/h4-10H,3,11H2,1-2H3. The van der Waals surface area contributed by atoms with Gasteiger partial charge in [0.25, 0.3) is 0 Å². The summed E-state index contributed by atoms with van der Waals surface area (Å²) < 4.78 is 12.9. The average Bonchev–Trinajstić information content (AvgIpc) is 2.38. The smallest absolute Gasteiger partial charge is 0.115 e. The summed E-state index contributed by atoms with van der Waals surface area (Å²) >= 11 is 0. The lowest BCUT2D eigenvalue weighted by atomic mass is 9.95. The van der Waals surface area contributed by atoms with Crippen molar-refractivity contribution >= 4 is 5.57 Å². The predicted octanol–water partition coefficient (Wildman–Crippen LogP) is 4.83. The van der Waals surface area contributed by atoms with Gasteiger partial charge < -0.3 is 0 Å². The topological polar surface area (TPSA) is 0 Å². The maximum Gasteiger partial charge on any atom is 0.115 e. The first-order valence-electron chi connectivity index (χ1n) is 6.03. The fourth-order valence-electron chi connectivity index (χ4n) is 2.00. The van der Waals surface area contributed by atoms with Crippen LogP contribution in [0.1, 0.15) is 27.8 Å². The van der Waals surface area contributed by atoms with Crippen molar-refractivity contribution in [3.8, 4) is 0 Å². The fourth-order valence-corrected chi connectivity index (χ4v) is 2.00. The Morgan fingerprint density at radius 2 is 1.78 bits per heavy atom. The van der Waals surface area contributed by atoms with E-state index in [1.807, 2.05) is 37.3 Å². The van der Waals surface area contributed by atoms with Crippen LogP contribution in [0.4, 0.5) is 4.39 Å². The van der Waals surface area contributed by atoms with Gasteiger partial charge >= 0.3 is 0 Å². The van der Waals surface area contributed by atoms with Crippen molar-refractivity contribution < 1.29 is 4.39 Å². The zero-order chi connectivity index (χ0) is 13.1. The van der Waals surface area contributed by atoms with E-state index in [1.54, 1.807) is 0 Å². The van der Waals surface area contributed by atoms with E-state index < -0.39 is 6.67 Å². The highest BCUT2D eigenvalue weighted by Crippen LogP contribution is 2.24. The third-order valence-electron chi connectivity index (χ3n) is 3.21. The molecule has 0 unspecified atom stereocenters. The van der Waals surface area contributed by atoms with E-state index in [4.69, 9.17) is 0 Å². The number of rotatable bonds is 3. The van der Waals surface area contributed by atoms with E-state index in [2.05, 4.69) is 25.6 Å². The highest BCUT2D eigenvalue weighted by Gasteiger charge is 2.05. The van der Waals surface area contributed by atoms with Crippen molar-refractivity contribution in [1.82, 2.24) is 0 Å². The van der Waals surface area contributed by atoms with Gasteiger partial charge in [-0.25, -0.2) is 4.39 Å². The minimum Gasteiger partial charge on any atom is -0.246 e. The van der Waals surface area contributed by atoms with Crippen molar-refractivity contribution in [1.29, 1.82) is 0 Å². The van der Waals surface area contributed by atoms with Crippen LogP contribution in [0, 0.1) is 13.8 Å². The van der Waals surface area contributed by atoms with Crippen molar-refractivity contribution in [3.05, 3.63) is 76.9 Å². The van der Waals surface area contributed by atoms with Crippen LogP contribution in [0.25, 0.3) is 5.57 Å². The summed E-state index contributed by atoms with van der Waals surface area (Å²) in [6.45, 7) is 7.67. The molecule has 0 heterocycles. The Balaban J connectivity index is 2.40. The molecule has 92 valence electrons. The molecule has 1 heteroatoms. The van der Waals surface area contributed by atoms with Crippen LogP contribution < -0.4 is 0 Å². The summed E-state index contributed by atoms with van der Waals surface area (Å²) in [6.07, 6.45) is 0. The van der Waals surface area contributed by atoms with Gasteiger partial charge in [-0.1, -0.05) is 48.5 Å². The van der Waals surface area contributed by atoms with E-state index in [1.165, 1.54) is 5.56 Å². The molecule has 0 saturated carbocycles. The van der Waals surface area contributed by atoms with E-state index in [0.29, 0.717) is 0 Å². The molecule has 2 rings (SSSR count). The Morgan fingerprint density at radius 1 is 1.06 bits per heavy atom. The molecule has 0 aliphatic carbocycles. The van der Waals surface area contributed by atoms with Crippen LogP contribution in [0.2, 0.25) is 0 Å². The monoisotopic (exact) mass is 240 g/mol. The lowest BCUT2D eigenvalue weighted by Crippen LogP contribution is -1.91. The molecule has 0 bridgehead atoms. The second kappa shape index (κ2) is 5.18. The quantitative estimate of drug-likeness (QED) is 0.720. The summed E-state index contributed by atoms with van der Waals surface area (Å²) in [5, 5.41) is 0. The van der Waals surface area contributed by atoms with Crippen LogP contribution in [-0.2, 0) is 6.67 Å². The molecule has 0 amide bonds. The first-order chi connectivity index (χ1) is 8.61. The zero-order valence-electron chi connectivity index (χ0n) is 10.8. The summed E-state index contributed by atoms with van der Waals surface area (Å²) in [4.78, 5) is 0. The van der Waals surface area contributed by atoms with Gasteiger partial charge in [-0.05, 0) is 47.7 Å². The van der Waals surface area contributed by atoms with E-state index in [0.717, 1.165) is 27.8 Å². The fraction of sp³-hybridized carbons (Fsp3) is 0.176. The van der Waals surface area contributed by atoms with Crippen LogP contribution in [0.15, 0.2) is 49.0 Å². The van der Waals surface area contributed by atoms with Gasteiger partial charge in [0.15, 0.2) is 0 Å². The number of aryl methyl sites for hydroxylation is 2. The van der Waals surface area contributed by atoms with Gasteiger partial charge in [0.05, 0.1) is 0 Å². The number of hydrogen-bond acceptors (Lipinski definition) is 0. The molecular formula is C17H17F. The first-order valence-corrected chi connectivity index (χ1v) is 6.03. The van der Waals surface area contributed by atoms with Gasteiger partial charge in [-0.2, -0.15) is 0 Å². The molecule has 0 spiro atoms. The van der Waals surface area contributed by atoms with Crippen LogP contribution >= 0.6 is 0 Å². The summed E-state index contributed by atoms with van der Waals surface area (Å²) in [5.74, 6) is 0. The maximum absolute atomic E-state index is 12.9. The number of alkyl halides is 1. The van der Waals surface area contributed by atoms with Crippen LogP contribution in [-0.4, -0.2) is 0 Å². The summed E-state index contributed by atoms with van der Waals surface area (Å²) in [5.41, 5.74) is 5.93. The second-order valence-electron chi connectivity index (χ2n) is 4.62. The largest absolute Gasteiger partial charge is 0.246 e. The minimum absolute atomic E-state index is 0.430. The molecule has 0 saturated heterocycles. The molecule has 0 aromatic heterocycles. The Bertz CT molecular complexity index is 582. The lowest BCUT2D eigenvalue weighted by Gasteiger charge is -2.10. The lowest BCUT2D eigenvalue weighted by molar-refractivity contribution is 0.483. The van der Waals surface area contributed by atoms with Crippen molar-refractivity contribution in [3.63, 3.8) is 0 Å². The van der Waals surface area contributed by atoms with Crippen molar-refractivity contribution in [2.75, 3.05) is 0 Å². The molecule has 2 aromatic rings. The van der Waals surface area contributed by atoms with Crippen LogP contribution in [0.3, 0.4) is 0 Å². The first kappa shape index (κ1) is 12.6. The molecule has 0 fully saturated rings. The molecule has 0 aliphatic heterocycles. The number of benzene rings is 2. The van der Waals surface area contributed by atoms with E-state index >= 15 is 0 Å². The third-order valence-corrected chi connectivity index (χ3v) is 3.21. The van der Waals surface area contributed by atoms with Crippen molar-refractivity contribution in [2.45, 2.75) is 20.5 Å². The van der Waals surface area contributed by atoms with Gasteiger partial charge in [0, 0.05) is 0 Å². The zero-order valence-corrected chi connectivity index (χ0v) is 10.8. The summed E-state index contributed by atoms with van der Waals surface area (Å²) in [7, 11) is 0. The Labute approximate surface area is 108 Å². The Kier molecular flexibility index (Phi) is 3.61. The van der Waals surface area contributed by atoms with Gasteiger partial charge in [0.2, 0.25) is 0 Å². The summed E-state index contributed by atoms with van der Waals surface area (Å²) in [6, 6.07) is 14.0. The molecule has 2 aromatic carbocycles. The van der Waals surface area contributed by atoms with Gasteiger partial charge in [0.1, 0.15) is 6.67 Å². The molecule has 0 nitrogen and oxygen atoms in total. The Hall–Kier alpha value is -1.89. The van der Waals surface area contributed by atoms with Crippen LogP contribution in [0.5, 0.6) is 0 Å². The maximum atomic E-state index is 12.9. The molecule has 0 aliphatic rings. The van der Waals surface area contributed by atoms with E-state index in [-0.39, 0.29) is 0 Å². The van der Waals surface area contributed by atoms with E-state index in [9.17, 15) is 4.39 Å². The normalized spacial score (nSPS) is 10.4. The SMILES string of the molecule is C=C(c1cccc(C)c1)c1ccc(C)c(CF)c1. The van der Waals surface area contributed by atoms with Gasteiger partial charge in [-0.15, -0.1) is 0 Å². The highest BCUT2D eigenvalue weighted by atomic mass is 19.1. The minimum atomic E-state index is -0.430. The van der Waals surface area contributed by atoms with Crippen molar-refractivity contribution in [2.24, 2.45) is 0 Å². The molecule has 0 radical (unpaired) electrons. The molecule has 18 heavy (non-hydrogen) atoms. The highest BCUT2D eigenvalue weighted by molar-refractivity contribution is 5.78. The van der Waals surface area contributed by atoms with Gasteiger partial charge in [-0.3, -0.25) is 0 Å². The number of halogens is 1. The molecule has 0 atom stereocenters. The second-order valence-corrected chi connectivity index (χ2v) is 4.62. The molecule has 0 N–H and O–H groups in total. The Morgan fingerprint density at radius 3 is 2.44 bits per heavy atom. The average molecular weight is 240 g/mol. The third kappa shape index (κ3) is 2.51.